The Labute approximate surface area is 655 Å². The first kappa shape index (κ1) is 88.9. The van der Waals surface area contributed by atoms with Crippen molar-refractivity contribution in [1.29, 1.82) is 0 Å². The minimum Gasteiger partial charge on any atom is -0.444 e. The molecule has 4 fully saturated rings. The first-order valence-electron chi connectivity index (χ1n) is 35.6. The quantitative estimate of drug-likeness (QED) is 0.0135. The van der Waals surface area contributed by atoms with Crippen molar-refractivity contribution in [1.82, 2.24) is 31.1 Å². The number of hydrogen-bond donors (Lipinski definition) is 4. The SMILES string of the molecule is C=CCOCC[C@@H]1C[C@]1(NC(=O)[C@@H]1C[C@H](OS(=O)(=O)c2ccc(Br)cc2)CN1C(=O)[C@H](CC=C)NC(=O)OC(C)(C)C)P(=O)(Cc1c(F)cccc1F)OCC.CCOP(=O)(Cc1c(F)cccc1F)[C@@]12C[C@H]1CCOC/C=C/C[C@H](NC(=O)OC(C)(C)C)C(=O)N1C[C@@H](OS(=O)(=O)c3ccc(Br)cc3)C[C@H]1C(=O)N2. The maximum Gasteiger partial charge on any atom is 0.408 e. The molecule has 12 atom stereocenters. The number of carbonyl (C=O) groups is 6. The van der Waals surface area contributed by atoms with Gasteiger partial charge in [0.05, 0.1) is 60.8 Å². The van der Waals surface area contributed by atoms with E-state index >= 15 is 13.3 Å². The molecule has 0 aromatic heterocycles. The van der Waals surface area contributed by atoms with Crippen LogP contribution in [0, 0.1) is 35.1 Å². The van der Waals surface area contributed by atoms with E-state index in [4.69, 9.17) is 36.4 Å². The second kappa shape index (κ2) is 37.5. The average Bonchev–Trinajstić information content (AvgIpc) is 1.55. The van der Waals surface area contributed by atoms with Crippen LogP contribution < -0.4 is 21.3 Å². The Morgan fingerprint density at radius 2 is 1.25 bits per heavy atom. The second-order valence-corrected chi connectivity index (χ2v) is 39.3. The van der Waals surface area contributed by atoms with Crippen LogP contribution in [-0.2, 0) is 97.2 Å². The number of benzene rings is 4. The molecule has 26 nitrogen and oxygen atoms in total. The normalized spacial score (nSPS) is 24.7. The van der Waals surface area contributed by atoms with Gasteiger partial charge in [0.15, 0.2) is 0 Å². The van der Waals surface area contributed by atoms with Crippen molar-refractivity contribution >= 4 is 103 Å². The third kappa shape index (κ3) is 22.6. The van der Waals surface area contributed by atoms with Gasteiger partial charge in [0, 0.05) is 59.2 Å². The van der Waals surface area contributed by atoms with Gasteiger partial charge in [-0.15, -0.1) is 13.2 Å². The molecule has 4 aromatic carbocycles. The fraction of sp³-hybridized carbons (Fsp3) is 0.514. The number of nitrogens with one attached hydrogen (secondary N) is 4. The number of likely N-dealkylation sites (tertiary alicyclic amines) is 1. The lowest BCUT2D eigenvalue weighted by Crippen LogP contribution is -2.55. The van der Waals surface area contributed by atoms with Crippen LogP contribution in [0.1, 0.15) is 118 Å². The number of amides is 6. The summed E-state index contributed by atoms with van der Waals surface area (Å²) in [6.45, 7) is 20.0. The van der Waals surface area contributed by atoms with E-state index < -0.39 is 194 Å². The Hall–Kier alpha value is -6.68. The van der Waals surface area contributed by atoms with Crippen LogP contribution in [0.15, 0.2) is 141 Å². The highest BCUT2D eigenvalue weighted by atomic mass is 79.9. The highest BCUT2D eigenvalue weighted by Crippen LogP contribution is 2.75. The standard InChI is InChI=1S/C38H49BrF2N3O10PS.C36H45BrF2N3O10PS/c1-7-11-32(42-36(47)53-37(4,5)6)35(46)44-23-27(54-56(49,50)28-16-14-26(39)15-17-28)21-33(44)34(45)43-38(22-25(38)18-20-51-19-8-2)55(48,52-9-3)24-29-30(40)12-10-13-31(29)41;1-5-50-53(46,22-27-28(38)9-8-10-29(27)39)36-20-23(36)16-18-49-17-7-6-11-30(40-34(45)51-35(2,3)4)33(44)42-21-25(19-31(42)32(43)41-36)52-54(47,48)26-14-12-24(37)13-15-26/h7-8,10,12-17,25,27,32-33H,1-2,9,11,18-24H2,3-6H3,(H,42,47)(H,43,45);6-10,12-15,23,25,30-31H,5,11,16-22H2,1-4H3,(H,40,45)(H,41,43)/b;7-6+/t25-,27+,32+,33+,38+,55?;23-,25+,30+,31+,36+,53?/m11/s1. The molecule has 2 unspecified atom stereocenters. The van der Waals surface area contributed by atoms with E-state index in [0.29, 0.717) is 15.4 Å². The Kier molecular flexibility index (Phi) is 30.3. The first-order valence-corrected chi connectivity index (χ1v) is 43.7. The van der Waals surface area contributed by atoms with Crippen LogP contribution in [0.5, 0.6) is 0 Å². The van der Waals surface area contributed by atoms with Crippen LogP contribution in [0.25, 0.3) is 0 Å². The maximum absolute atomic E-state index is 15.0. The number of fused-ring (bicyclic) bond motifs is 2. The van der Waals surface area contributed by atoms with E-state index in [1.54, 1.807) is 73.6 Å². The third-order valence-electron chi connectivity index (χ3n) is 18.6. The predicted octanol–water partition coefficient (Wildman–Crippen LogP) is 12.8. The third-order valence-corrected chi connectivity index (χ3v) is 29.0. The molecule has 4 aromatic rings. The molecule has 110 heavy (non-hydrogen) atoms. The number of hydrogen-bond acceptors (Lipinski definition) is 20. The Morgan fingerprint density at radius 3 is 1.78 bits per heavy atom. The zero-order valence-corrected chi connectivity index (χ0v) is 68.8. The van der Waals surface area contributed by atoms with Crippen LogP contribution in [-0.4, -0.2) is 173 Å². The van der Waals surface area contributed by atoms with Crippen molar-refractivity contribution in [2.24, 2.45) is 11.8 Å². The number of halogens is 6. The van der Waals surface area contributed by atoms with Crippen molar-refractivity contribution < 1.29 is 109 Å². The number of nitrogens with zero attached hydrogens (tertiary/aromatic N) is 2. The van der Waals surface area contributed by atoms with Crippen LogP contribution in [0.4, 0.5) is 27.2 Å². The van der Waals surface area contributed by atoms with Crippen LogP contribution in [0.3, 0.4) is 0 Å². The summed E-state index contributed by atoms with van der Waals surface area (Å²) in [6, 6.07) is 12.5. The molecule has 36 heteroatoms. The fourth-order valence-corrected chi connectivity index (χ4v) is 22.5. The lowest BCUT2D eigenvalue weighted by atomic mass is 10.1. The van der Waals surface area contributed by atoms with E-state index in [0.717, 1.165) is 34.1 Å². The van der Waals surface area contributed by atoms with Crippen LogP contribution >= 0.6 is 46.6 Å². The van der Waals surface area contributed by atoms with Gasteiger partial charge in [-0.2, -0.15) is 16.8 Å². The first-order chi connectivity index (χ1) is 51.7. The summed E-state index contributed by atoms with van der Waals surface area (Å²) in [6.07, 6.45) is 0.649. The molecule has 0 bridgehead atoms. The predicted molar refractivity (Wildman–Crippen MR) is 405 cm³/mol. The van der Waals surface area contributed by atoms with Gasteiger partial charge in [0.25, 0.3) is 20.2 Å². The summed E-state index contributed by atoms with van der Waals surface area (Å²) in [4.78, 5) is 85.3. The molecule has 4 N–H and O–H groups in total. The van der Waals surface area contributed by atoms with E-state index in [2.05, 4.69) is 66.3 Å². The fourth-order valence-electron chi connectivity index (χ4n) is 13.4. The van der Waals surface area contributed by atoms with Crippen molar-refractivity contribution in [3.63, 3.8) is 0 Å². The van der Waals surface area contributed by atoms with Crippen molar-refractivity contribution in [3.8, 4) is 0 Å². The smallest absolute Gasteiger partial charge is 0.408 e. The van der Waals surface area contributed by atoms with Crippen molar-refractivity contribution in [3.05, 3.63) is 166 Å². The highest BCUT2D eigenvalue weighted by molar-refractivity contribution is 9.10. The maximum atomic E-state index is 15.0. The highest BCUT2D eigenvalue weighted by Gasteiger charge is 2.69. The molecule has 2 saturated heterocycles. The van der Waals surface area contributed by atoms with Gasteiger partial charge in [-0.3, -0.25) is 36.7 Å². The monoisotopic (exact) mass is 1750 g/mol. The zero-order chi connectivity index (χ0) is 81.0. The van der Waals surface area contributed by atoms with Gasteiger partial charge < -0.3 is 59.1 Å². The van der Waals surface area contributed by atoms with Gasteiger partial charge in [0.1, 0.15) is 69.2 Å². The largest absolute Gasteiger partial charge is 0.444 e. The van der Waals surface area contributed by atoms with E-state index in [9.17, 15) is 58.9 Å². The summed E-state index contributed by atoms with van der Waals surface area (Å²) in [5.74, 6) is -7.94. The van der Waals surface area contributed by atoms with Gasteiger partial charge in [-0.1, -0.05) is 68.3 Å². The topological polar surface area (TPSA) is 333 Å². The molecule has 5 aliphatic rings. The lowest BCUT2D eigenvalue weighted by Gasteiger charge is -2.33. The molecule has 2 saturated carbocycles. The molecule has 6 amide bonds. The van der Waals surface area contributed by atoms with Crippen molar-refractivity contribution in [2.45, 2.75) is 187 Å². The Morgan fingerprint density at radius 1 is 0.727 bits per heavy atom. The van der Waals surface area contributed by atoms with Gasteiger partial charge in [-0.05, 0) is 179 Å². The van der Waals surface area contributed by atoms with Crippen LogP contribution in [0.2, 0.25) is 0 Å². The van der Waals surface area contributed by atoms with Gasteiger partial charge in [0.2, 0.25) is 38.4 Å². The molecule has 0 spiro atoms. The summed E-state index contributed by atoms with van der Waals surface area (Å²) < 4.78 is 190. The summed E-state index contributed by atoms with van der Waals surface area (Å²) in [7, 11) is -17.2. The van der Waals surface area contributed by atoms with Gasteiger partial charge in [-0.25, -0.2) is 27.2 Å². The second-order valence-electron chi connectivity index (χ2n) is 28.9. The molecule has 604 valence electrons. The molecular formula is C74H94Br2F4N6O20P2S2. The number of ether oxygens (including phenoxy) is 4. The molecule has 2 aliphatic carbocycles. The van der Waals surface area contributed by atoms with E-state index in [1.807, 2.05) is 0 Å². The molecule has 3 aliphatic heterocycles. The molecule has 0 radical (unpaired) electrons. The van der Waals surface area contributed by atoms with Crippen molar-refractivity contribution in [2.75, 3.05) is 52.7 Å². The van der Waals surface area contributed by atoms with E-state index in [-0.39, 0.29) is 101 Å². The Bertz CT molecular complexity index is 4350. The lowest BCUT2D eigenvalue weighted by molar-refractivity contribution is -0.140. The zero-order valence-electron chi connectivity index (χ0n) is 62.2. The minimum atomic E-state index is -4.40. The average molecular weight is 1750 g/mol. The number of alkyl carbamates (subject to hydrolysis) is 2. The van der Waals surface area contributed by atoms with E-state index in [1.165, 1.54) is 66.7 Å². The summed E-state index contributed by atoms with van der Waals surface area (Å²) in [5.41, 5.74) is -2.74. The minimum absolute atomic E-state index is 0.0324. The summed E-state index contributed by atoms with van der Waals surface area (Å²) in [5, 5.41) is 7.55. The molecule has 9 rings (SSSR count). The Balaban J connectivity index is 0.000000277. The number of rotatable bonds is 28. The molecule has 3 heterocycles. The summed E-state index contributed by atoms with van der Waals surface area (Å²) >= 11 is 6.53. The molecular weight excluding hydrogens is 1650 g/mol. The van der Waals surface area contributed by atoms with Gasteiger partial charge >= 0.3 is 12.2 Å². The number of carbonyl (C=O) groups excluding carboxylic acids is 6.